The summed E-state index contributed by atoms with van der Waals surface area (Å²) in [7, 11) is 1.64. The molecule has 16 heavy (non-hydrogen) atoms. The van der Waals surface area contributed by atoms with Crippen molar-refractivity contribution in [3.05, 3.63) is 52.4 Å². The Hall–Kier alpha value is -2.03. The van der Waals surface area contributed by atoms with Gasteiger partial charge in [0.2, 0.25) is 0 Å². The largest absolute Gasteiger partial charge is 0.497 e. The molecule has 0 amide bonds. The van der Waals surface area contributed by atoms with E-state index in [9.17, 15) is 4.79 Å². The number of pyridine rings is 1. The molecule has 0 bridgehead atoms. The third-order valence-corrected chi connectivity index (χ3v) is 2.49. The van der Waals surface area contributed by atoms with Crippen molar-refractivity contribution in [1.29, 1.82) is 0 Å². The second-order valence-corrected chi connectivity index (χ2v) is 3.63. The molecule has 0 fully saturated rings. The van der Waals surface area contributed by atoms with Crippen LogP contribution in [0.1, 0.15) is 5.56 Å². The highest BCUT2D eigenvalue weighted by Gasteiger charge is 2.01. The molecule has 0 saturated heterocycles. The standard InChI is InChI=1S/C13H13NO2/c1-9-6-11(8-14-13(9)15)10-4-3-5-12(7-10)16-2/h3-8H,1-2H3,(H,14,15). The lowest BCUT2D eigenvalue weighted by atomic mass is 10.1. The van der Waals surface area contributed by atoms with Gasteiger partial charge in [-0.2, -0.15) is 0 Å². The lowest BCUT2D eigenvalue weighted by Crippen LogP contribution is -2.07. The molecule has 1 N–H and O–H groups in total. The van der Waals surface area contributed by atoms with Crippen LogP contribution in [0.25, 0.3) is 11.1 Å². The Kier molecular flexibility index (Phi) is 2.77. The zero-order valence-electron chi connectivity index (χ0n) is 9.28. The number of benzene rings is 1. The molecule has 0 atom stereocenters. The fraction of sp³-hybridized carbons (Fsp3) is 0.154. The van der Waals surface area contributed by atoms with Gasteiger partial charge in [0, 0.05) is 11.8 Å². The summed E-state index contributed by atoms with van der Waals surface area (Å²) in [6.07, 6.45) is 1.71. The summed E-state index contributed by atoms with van der Waals surface area (Å²) in [5.74, 6) is 0.807. The van der Waals surface area contributed by atoms with Crippen LogP contribution in [0, 0.1) is 6.92 Å². The highest BCUT2D eigenvalue weighted by molar-refractivity contribution is 5.64. The highest BCUT2D eigenvalue weighted by atomic mass is 16.5. The van der Waals surface area contributed by atoms with E-state index in [0.717, 1.165) is 16.9 Å². The molecular formula is C13H13NO2. The predicted octanol–water partition coefficient (Wildman–Crippen LogP) is 2.36. The smallest absolute Gasteiger partial charge is 0.250 e. The van der Waals surface area contributed by atoms with Gasteiger partial charge in [0.05, 0.1) is 7.11 Å². The molecule has 0 aliphatic carbocycles. The van der Waals surface area contributed by atoms with Crippen molar-refractivity contribution in [2.45, 2.75) is 6.92 Å². The second kappa shape index (κ2) is 4.23. The molecular weight excluding hydrogens is 202 g/mol. The van der Waals surface area contributed by atoms with E-state index in [-0.39, 0.29) is 5.56 Å². The number of aromatic amines is 1. The molecule has 0 aliphatic heterocycles. The van der Waals surface area contributed by atoms with Crippen molar-refractivity contribution in [3.8, 4) is 16.9 Å². The lowest BCUT2D eigenvalue weighted by molar-refractivity contribution is 0.415. The molecule has 0 saturated carbocycles. The summed E-state index contributed by atoms with van der Waals surface area (Å²) >= 11 is 0. The number of ether oxygens (including phenoxy) is 1. The molecule has 1 heterocycles. The van der Waals surface area contributed by atoms with E-state index < -0.39 is 0 Å². The lowest BCUT2D eigenvalue weighted by Gasteiger charge is -2.05. The van der Waals surface area contributed by atoms with Crippen LogP contribution in [-0.4, -0.2) is 12.1 Å². The maximum atomic E-state index is 11.2. The molecule has 1 aromatic heterocycles. The number of rotatable bonds is 2. The third kappa shape index (κ3) is 1.98. The van der Waals surface area contributed by atoms with Crippen LogP contribution in [-0.2, 0) is 0 Å². The zero-order valence-corrected chi connectivity index (χ0v) is 9.28. The van der Waals surface area contributed by atoms with E-state index in [0.29, 0.717) is 5.56 Å². The summed E-state index contributed by atoms with van der Waals surface area (Å²) in [5, 5.41) is 0. The summed E-state index contributed by atoms with van der Waals surface area (Å²) in [4.78, 5) is 14.0. The van der Waals surface area contributed by atoms with Crippen LogP contribution in [0.5, 0.6) is 5.75 Å². The topological polar surface area (TPSA) is 42.1 Å². The highest BCUT2D eigenvalue weighted by Crippen LogP contribution is 2.22. The fourth-order valence-electron chi connectivity index (χ4n) is 1.57. The van der Waals surface area contributed by atoms with Gasteiger partial charge in [-0.1, -0.05) is 12.1 Å². The number of hydrogen-bond donors (Lipinski definition) is 1. The first-order valence-electron chi connectivity index (χ1n) is 5.04. The Morgan fingerprint density at radius 2 is 2.00 bits per heavy atom. The molecule has 1 aromatic carbocycles. The molecule has 0 aliphatic rings. The van der Waals surface area contributed by atoms with E-state index in [1.807, 2.05) is 30.3 Å². The minimum Gasteiger partial charge on any atom is -0.497 e. The molecule has 3 nitrogen and oxygen atoms in total. The quantitative estimate of drug-likeness (QED) is 0.835. The van der Waals surface area contributed by atoms with Gasteiger partial charge < -0.3 is 9.72 Å². The number of aromatic nitrogens is 1. The number of hydrogen-bond acceptors (Lipinski definition) is 2. The first-order valence-corrected chi connectivity index (χ1v) is 5.04. The van der Waals surface area contributed by atoms with E-state index in [1.54, 1.807) is 20.2 Å². The first kappa shape index (κ1) is 10.5. The average Bonchev–Trinajstić information content (AvgIpc) is 2.33. The van der Waals surface area contributed by atoms with Crippen LogP contribution < -0.4 is 10.3 Å². The molecule has 2 rings (SSSR count). The maximum absolute atomic E-state index is 11.2. The predicted molar refractivity (Wildman–Crippen MR) is 63.8 cm³/mol. The van der Waals surface area contributed by atoms with E-state index in [1.165, 1.54) is 0 Å². The zero-order chi connectivity index (χ0) is 11.5. The molecule has 0 spiro atoms. The normalized spacial score (nSPS) is 10.1. The van der Waals surface area contributed by atoms with Gasteiger partial charge in [-0.05, 0) is 36.2 Å². The number of H-pyrrole nitrogens is 1. The van der Waals surface area contributed by atoms with Gasteiger partial charge in [-0.15, -0.1) is 0 Å². The van der Waals surface area contributed by atoms with Crippen molar-refractivity contribution in [1.82, 2.24) is 4.98 Å². The molecule has 0 unspecified atom stereocenters. The van der Waals surface area contributed by atoms with Crippen molar-refractivity contribution in [2.24, 2.45) is 0 Å². The summed E-state index contributed by atoms with van der Waals surface area (Å²) in [5.41, 5.74) is 2.67. The SMILES string of the molecule is COc1cccc(-c2c[nH]c(=O)c(C)c2)c1. The second-order valence-electron chi connectivity index (χ2n) is 3.63. The summed E-state index contributed by atoms with van der Waals surface area (Å²) < 4.78 is 5.16. The first-order chi connectivity index (χ1) is 7.70. The van der Waals surface area contributed by atoms with Crippen LogP contribution in [0.3, 0.4) is 0 Å². The fourth-order valence-corrected chi connectivity index (χ4v) is 1.57. The molecule has 0 radical (unpaired) electrons. The number of nitrogens with one attached hydrogen (secondary N) is 1. The van der Waals surface area contributed by atoms with E-state index >= 15 is 0 Å². The Balaban J connectivity index is 2.50. The average molecular weight is 215 g/mol. The Morgan fingerprint density at radius 3 is 2.69 bits per heavy atom. The van der Waals surface area contributed by atoms with Crippen LogP contribution >= 0.6 is 0 Å². The Bertz CT molecular complexity index is 558. The third-order valence-electron chi connectivity index (χ3n) is 2.49. The Morgan fingerprint density at radius 1 is 1.19 bits per heavy atom. The monoisotopic (exact) mass is 215 g/mol. The van der Waals surface area contributed by atoms with Gasteiger partial charge >= 0.3 is 0 Å². The molecule has 3 heteroatoms. The van der Waals surface area contributed by atoms with Crippen LogP contribution in [0.15, 0.2) is 41.3 Å². The minimum atomic E-state index is -0.0494. The molecule has 2 aromatic rings. The molecule has 82 valence electrons. The summed E-state index contributed by atoms with van der Waals surface area (Å²) in [6, 6.07) is 9.60. The maximum Gasteiger partial charge on any atom is 0.250 e. The van der Waals surface area contributed by atoms with Crippen molar-refractivity contribution < 1.29 is 4.74 Å². The van der Waals surface area contributed by atoms with Gasteiger partial charge in [0.15, 0.2) is 0 Å². The number of methoxy groups -OCH3 is 1. The van der Waals surface area contributed by atoms with Crippen molar-refractivity contribution in [2.75, 3.05) is 7.11 Å². The van der Waals surface area contributed by atoms with Crippen LogP contribution in [0.2, 0.25) is 0 Å². The Labute approximate surface area is 93.7 Å². The van der Waals surface area contributed by atoms with Crippen LogP contribution in [0.4, 0.5) is 0 Å². The number of aryl methyl sites for hydroxylation is 1. The van der Waals surface area contributed by atoms with Gasteiger partial charge in [0.1, 0.15) is 5.75 Å². The summed E-state index contributed by atoms with van der Waals surface area (Å²) in [6.45, 7) is 1.79. The van der Waals surface area contributed by atoms with Crippen molar-refractivity contribution in [3.63, 3.8) is 0 Å². The van der Waals surface area contributed by atoms with E-state index in [4.69, 9.17) is 4.74 Å². The van der Waals surface area contributed by atoms with Crippen molar-refractivity contribution >= 4 is 0 Å². The van der Waals surface area contributed by atoms with E-state index in [2.05, 4.69) is 4.98 Å². The van der Waals surface area contributed by atoms with Gasteiger partial charge in [0.25, 0.3) is 5.56 Å². The van der Waals surface area contributed by atoms with Gasteiger partial charge in [-0.3, -0.25) is 4.79 Å². The van der Waals surface area contributed by atoms with Gasteiger partial charge in [-0.25, -0.2) is 0 Å². The minimum absolute atomic E-state index is 0.0494.